The number of ether oxygens (including phenoxy) is 1. The van der Waals surface area contributed by atoms with Crippen LogP contribution in [0.2, 0.25) is 0 Å². The molecule has 0 bridgehead atoms. The summed E-state index contributed by atoms with van der Waals surface area (Å²) in [7, 11) is 0. The maximum absolute atomic E-state index is 13.6. The molecule has 90 valence electrons. The van der Waals surface area contributed by atoms with Crippen molar-refractivity contribution >= 4 is 5.69 Å². The maximum Gasteiger partial charge on any atom is 0.157 e. The molecule has 2 N–H and O–H groups in total. The van der Waals surface area contributed by atoms with Gasteiger partial charge in [-0.15, -0.1) is 0 Å². The third-order valence-corrected chi connectivity index (χ3v) is 2.36. The Morgan fingerprint density at radius 3 is 3.06 bits per heavy atom. The number of nitrogens with two attached hydrogens (primary N) is 1. The SMILES string of the molecule is CCOc1cnn(Cc2cccc(N)c2F)c1. The van der Waals surface area contributed by atoms with E-state index in [2.05, 4.69) is 5.10 Å². The molecule has 0 saturated heterocycles. The zero-order valence-electron chi connectivity index (χ0n) is 9.56. The van der Waals surface area contributed by atoms with Crippen molar-refractivity contribution in [3.05, 3.63) is 42.0 Å². The van der Waals surface area contributed by atoms with E-state index in [-0.39, 0.29) is 11.5 Å². The first-order chi connectivity index (χ1) is 8.20. The van der Waals surface area contributed by atoms with Crippen molar-refractivity contribution in [2.75, 3.05) is 12.3 Å². The number of nitrogen functional groups attached to an aromatic ring is 1. The van der Waals surface area contributed by atoms with Crippen LogP contribution in [0, 0.1) is 5.82 Å². The Morgan fingerprint density at radius 1 is 1.47 bits per heavy atom. The number of hydrogen-bond donors (Lipinski definition) is 1. The normalized spacial score (nSPS) is 10.5. The average molecular weight is 235 g/mol. The number of rotatable bonds is 4. The smallest absolute Gasteiger partial charge is 0.157 e. The van der Waals surface area contributed by atoms with Crippen LogP contribution in [-0.2, 0) is 6.54 Å². The molecule has 0 aliphatic rings. The molecule has 0 aliphatic heterocycles. The Labute approximate surface area is 98.8 Å². The lowest BCUT2D eigenvalue weighted by Crippen LogP contribution is -2.04. The van der Waals surface area contributed by atoms with E-state index in [4.69, 9.17) is 10.5 Å². The minimum absolute atomic E-state index is 0.152. The quantitative estimate of drug-likeness (QED) is 0.825. The van der Waals surface area contributed by atoms with Gasteiger partial charge in [0.15, 0.2) is 11.6 Å². The Morgan fingerprint density at radius 2 is 2.29 bits per heavy atom. The summed E-state index contributed by atoms with van der Waals surface area (Å²) in [4.78, 5) is 0. The molecule has 5 heteroatoms. The second-order valence-electron chi connectivity index (χ2n) is 3.63. The second-order valence-corrected chi connectivity index (χ2v) is 3.63. The van der Waals surface area contributed by atoms with Gasteiger partial charge in [-0.05, 0) is 13.0 Å². The third-order valence-electron chi connectivity index (χ3n) is 2.36. The predicted octanol–water partition coefficient (Wildman–Crippen LogP) is 2.05. The molecule has 0 unspecified atom stereocenters. The van der Waals surface area contributed by atoms with Crippen LogP contribution in [0.25, 0.3) is 0 Å². The van der Waals surface area contributed by atoms with Gasteiger partial charge in [0, 0.05) is 5.56 Å². The van der Waals surface area contributed by atoms with E-state index in [0.29, 0.717) is 24.5 Å². The molecule has 4 nitrogen and oxygen atoms in total. The van der Waals surface area contributed by atoms with Crippen LogP contribution in [0.3, 0.4) is 0 Å². The number of aromatic nitrogens is 2. The highest BCUT2D eigenvalue weighted by Gasteiger charge is 2.07. The van der Waals surface area contributed by atoms with Gasteiger partial charge < -0.3 is 10.5 Å². The fraction of sp³-hybridized carbons (Fsp3) is 0.250. The molecule has 0 fully saturated rings. The molecule has 0 amide bonds. The molecule has 0 aliphatic carbocycles. The summed E-state index contributed by atoms with van der Waals surface area (Å²) in [6.45, 7) is 2.82. The summed E-state index contributed by atoms with van der Waals surface area (Å²) < 4.78 is 20.5. The summed E-state index contributed by atoms with van der Waals surface area (Å²) in [6, 6.07) is 4.95. The molecule has 1 aromatic heterocycles. The molecule has 2 rings (SSSR count). The number of anilines is 1. The highest BCUT2D eigenvalue weighted by Crippen LogP contribution is 2.16. The Balaban J connectivity index is 2.16. The van der Waals surface area contributed by atoms with Crippen molar-refractivity contribution in [2.45, 2.75) is 13.5 Å². The number of nitrogens with zero attached hydrogens (tertiary/aromatic N) is 2. The number of hydrogen-bond acceptors (Lipinski definition) is 3. The first kappa shape index (κ1) is 11.4. The van der Waals surface area contributed by atoms with E-state index >= 15 is 0 Å². The van der Waals surface area contributed by atoms with Crippen molar-refractivity contribution in [3.8, 4) is 5.75 Å². The topological polar surface area (TPSA) is 53.1 Å². The van der Waals surface area contributed by atoms with E-state index in [9.17, 15) is 4.39 Å². The molecule has 0 saturated carbocycles. The first-order valence-electron chi connectivity index (χ1n) is 5.39. The predicted molar refractivity (Wildman–Crippen MR) is 63.3 cm³/mol. The average Bonchev–Trinajstić information content (AvgIpc) is 2.73. The van der Waals surface area contributed by atoms with Gasteiger partial charge in [0.1, 0.15) is 0 Å². The summed E-state index contributed by atoms with van der Waals surface area (Å²) in [5, 5.41) is 4.09. The van der Waals surface area contributed by atoms with Crippen LogP contribution in [0.15, 0.2) is 30.6 Å². The van der Waals surface area contributed by atoms with E-state index in [1.54, 1.807) is 29.2 Å². The molecule has 17 heavy (non-hydrogen) atoms. The van der Waals surface area contributed by atoms with Crippen molar-refractivity contribution in [2.24, 2.45) is 0 Å². The van der Waals surface area contributed by atoms with Crippen LogP contribution in [0.1, 0.15) is 12.5 Å². The lowest BCUT2D eigenvalue weighted by Gasteiger charge is -2.05. The van der Waals surface area contributed by atoms with E-state index in [1.165, 1.54) is 6.07 Å². The second kappa shape index (κ2) is 4.86. The van der Waals surface area contributed by atoms with Gasteiger partial charge in [-0.2, -0.15) is 5.10 Å². The zero-order chi connectivity index (χ0) is 12.3. The molecule has 0 atom stereocenters. The van der Waals surface area contributed by atoms with Gasteiger partial charge in [0.25, 0.3) is 0 Å². The summed E-state index contributed by atoms with van der Waals surface area (Å²) >= 11 is 0. The van der Waals surface area contributed by atoms with Crippen molar-refractivity contribution < 1.29 is 9.13 Å². The standard InChI is InChI=1S/C12H14FN3O/c1-2-17-10-6-15-16(8-10)7-9-4-3-5-11(14)12(9)13/h3-6,8H,2,7,14H2,1H3. The van der Waals surface area contributed by atoms with Gasteiger partial charge in [-0.25, -0.2) is 4.39 Å². The largest absolute Gasteiger partial charge is 0.491 e. The van der Waals surface area contributed by atoms with Crippen molar-refractivity contribution in [3.63, 3.8) is 0 Å². The van der Waals surface area contributed by atoms with Crippen molar-refractivity contribution in [1.29, 1.82) is 0 Å². The van der Waals surface area contributed by atoms with Gasteiger partial charge >= 0.3 is 0 Å². The van der Waals surface area contributed by atoms with Crippen molar-refractivity contribution in [1.82, 2.24) is 9.78 Å². The van der Waals surface area contributed by atoms with E-state index < -0.39 is 0 Å². The van der Waals surface area contributed by atoms with Gasteiger partial charge in [0.05, 0.1) is 31.2 Å². The maximum atomic E-state index is 13.6. The first-order valence-corrected chi connectivity index (χ1v) is 5.39. The number of benzene rings is 1. The summed E-state index contributed by atoms with van der Waals surface area (Å²) in [5.41, 5.74) is 6.16. The fourth-order valence-corrected chi connectivity index (χ4v) is 1.57. The molecule has 1 heterocycles. The summed E-state index contributed by atoms with van der Waals surface area (Å²) in [6.07, 6.45) is 3.33. The van der Waals surface area contributed by atoms with E-state index in [1.807, 2.05) is 6.92 Å². The Bertz CT molecular complexity index is 510. The minimum Gasteiger partial charge on any atom is -0.491 e. The molecule has 0 radical (unpaired) electrons. The van der Waals surface area contributed by atoms with Gasteiger partial charge in [0.2, 0.25) is 0 Å². The lowest BCUT2D eigenvalue weighted by molar-refractivity contribution is 0.340. The molecule has 1 aromatic carbocycles. The van der Waals surface area contributed by atoms with E-state index in [0.717, 1.165) is 0 Å². The van der Waals surface area contributed by atoms with Crippen LogP contribution < -0.4 is 10.5 Å². The highest BCUT2D eigenvalue weighted by molar-refractivity contribution is 5.42. The molecular formula is C12H14FN3O. The summed E-state index contributed by atoms with van der Waals surface area (Å²) in [5.74, 6) is 0.290. The minimum atomic E-state index is -0.388. The number of halogens is 1. The molecule has 2 aromatic rings. The van der Waals surface area contributed by atoms with Gasteiger partial charge in [-0.1, -0.05) is 12.1 Å². The fourth-order valence-electron chi connectivity index (χ4n) is 1.57. The highest BCUT2D eigenvalue weighted by atomic mass is 19.1. The van der Waals surface area contributed by atoms with Gasteiger partial charge in [-0.3, -0.25) is 4.68 Å². The molecular weight excluding hydrogens is 221 g/mol. The Hall–Kier alpha value is -2.04. The third kappa shape index (κ3) is 2.55. The van der Waals surface area contributed by atoms with Crippen LogP contribution in [0.4, 0.5) is 10.1 Å². The zero-order valence-corrected chi connectivity index (χ0v) is 9.56. The van der Waals surface area contributed by atoms with Crippen LogP contribution in [-0.4, -0.2) is 16.4 Å². The van der Waals surface area contributed by atoms with Crippen LogP contribution in [0.5, 0.6) is 5.75 Å². The Kier molecular flexibility index (Phi) is 3.27. The molecule has 0 spiro atoms. The monoisotopic (exact) mass is 235 g/mol. The lowest BCUT2D eigenvalue weighted by atomic mass is 10.2. The van der Waals surface area contributed by atoms with Crippen LogP contribution >= 0.6 is 0 Å².